The number of methoxy groups -OCH3 is 2. The Morgan fingerprint density at radius 2 is 1.93 bits per heavy atom. The van der Waals surface area contributed by atoms with E-state index in [2.05, 4.69) is 15.6 Å². The summed E-state index contributed by atoms with van der Waals surface area (Å²) in [7, 11) is 3.16. The van der Waals surface area contributed by atoms with Crippen molar-refractivity contribution in [3.8, 4) is 11.5 Å². The molecule has 0 amide bonds. The van der Waals surface area contributed by atoms with E-state index in [1.165, 1.54) is 0 Å². The molecule has 0 heterocycles. The van der Waals surface area contributed by atoms with Crippen LogP contribution in [0, 0.1) is 0 Å². The number of hydrogen-bond donors (Lipinski definition) is 3. The van der Waals surface area contributed by atoms with Crippen LogP contribution in [0.1, 0.15) is 24.2 Å². The molecular formula is C21H29ClIN3O3. The predicted octanol–water partition coefficient (Wildman–Crippen LogP) is 3.81. The zero-order valence-corrected chi connectivity index (χ0v) is 20.0. The lowest BCUT2D eigenvalue weighted by molar-refractivity contribution is 0.182. The molecule has 160 valence electrons. The van der Waals surface area contributed by atoms with Gasteiger partial charge in [-0.3, -0.25) is 4.99 Å². The summed E-state index contributed by atoms with van der Waals surface area (Å²) >= 11 is 6.02. The van der Waals surface area contributed by atoms with Gasteiger partial charge in [0.15, 0.2) is 5.96 Å². The van der Waals surface area contributed by atoms with Crippen LogP contribution in [0.25, 0.3) is 0 Å². The molecule has 0 fully saturated rings. The fraction of sp³-hybridized carbons (Fsp3) is 0.381. The highest BCUT2D eigenvalue weighted by molar-refractivity contribution is 14.0. The summed E-state index contributed by atoms with van der Waals surface area (Å²) in [5.41, 5.74) is 1.79. The molecule has 2 rings (SSSR count). The predicted molar refractivity (Wildman–Crippen MR) is 129 cm³/mol. The second-order valence-electron chi connectivity index (χ2n) is 6.15. The number of benzene rings is 2. The summed E-state index contributed by atoms with van der Waals surface area (Å²) in [6, 6.07) is 13.1. The minimum absolute atomic E-state index is 0. The number of aliphatic hydroxyl groups excluding tert-OH is 1. The maximum atomic E-state index is 10.6. The van der Waals surface area contributed by atoms with Crippen molar-refractivity contribution in [3.05, 3.63) is 58.6 Å². The largest absolute Gasteiger partial charge is 0.497 e. The van der Waals surface area contributed by atoms with E-state index in [0.29, 0.717) is 29.6 Å². The summed E-state index contributed by atoms with van der Waals surface area (Å²) in [6.45, 7) is 3.61. The van der Waals surface area contributed by atoms with E-state index in [4.69, 9.17) is 21.1 Å². The smallest absolute Gasteiger partial charge is 0.191 e. The van der Waals surface area contributed by atoms with Crippen LogP contribution in [0.15, 0.2) is 47.5 Å². The summed E-state index contributed by atoms with van der Waals surface area (Å²) in [5.74, 6) is 1.90. The van der Waals surface area contributed by atoms with Gasteiger partial charge in [-0.2, -0.15) is 0 Å². The van der Waals surface area contributed by atoms with Gasteiger partial charge in [-0.1, -0.05) is 23.7 Å². The molecule has 2 aromatic rings. The fourth-order valence-electron chi connectivity index (χ4n) is 2.74. The zero-order chi connectivity index (χ0) is 20.4. The van der Waals surface area contributed by atoms with Gasteiger partial charge in [0, 0.05) is 23.7 Å². The number of rotatable bonds is 9. The summed E-state index contributed by atoms with van der Waals surface area (Å²) < 4.78 is 10.6. The van der Waals surface area contributed by atoms with E-state index in [1.54, 1.807) is 32.4 Å². The highest BCUT2D eigenvalue weighted by Gasteiger charge is 2.14. The van der Waals surface area contributed by atoms with Crippen LogP contribution in [0.2, 0.25) is 5.02 Å². The minimum atomic E-state index is -0.812. The number of nitrogens with zero attached hydrogens (tertiary/aromatic N) is 1. The molecule has 0 bridgehead atoms. The van der Waals surface area contributed by atoms with Crippen LogP contribution in [-0.2, 0) is 6.42 Å². The third-order valence-corrected chi connectivity index (χ3v) is 4.39. The van der Waals surface area contributed by atoms with E-state index in [0.717, 1.165) is 23.6 Å². The second-order valence-corrected chi connectivity index (χ2v) is 6.59. The number of ether oxygens (including phenoxy) is 2. The minimum Gasteiger partial charge on any atom is -0.497 e. The Kier molecular flexibility index (Phi) is 11.8. The Morgan fingerprint density at radius 3 is 2.59 bits per heavy atom. The Bertz CT molecular complexity index is 790. The normalized spacial score (nSPS) is 12.0. The maximum absolute atomic E-state index is 10.6. The number of aliphatic imine (C=N–C) groups is 1. The number of guanidine groups is 1. The van der Waals surface area contributed by atoms with E-state index in [-0.39, 0.29) is 30.5 Å². The third-order valence-electron chi connectivity index (χ3n) is 4.16. The van der Waals surface area contributed by atoms with Crippen molar-refractivity contribution in [3.63, 3.8) is 0 Å². The Morgan fingerprint density at radius 1 is 1.14 bits per heavy atom. The molecule has 0 aliphatic rings. The van der Waals surface area contributed by atoms with Gasteiger partial charge in [-0.25, -0.2) is 0 Å². The van der Waals surface area contributed by atoms with E-state index in [9.17, 15) is 5.11 Å². The average molecular weight is 534 g/mol. The SMILES string of the molecule is CCNC(=NCC(O)c1cc(OC)ccc1OC)NCCc1cccc(Cl)c1.I. The van der Waals surface area contributed by atoms with E-state index >= 15 is 0 Å². The van der Waals surface area contributed by atoms with Crippen molar-refractivity contribution >= 4 is 41.5 Å². The molecule has 1 atom stereocenters. The molecule has 3 N–H and O–H groups in total. The van der Waals surface area contributed by atoms with Crippen LogP contribution in [0.4, 0.5) is 0 Å². The molecular weight excluding hydrogens is 505 g/mol. The first-order valence-corrected chi connectivity index (χ1v) is 9.61. The average Bonchev–Trinajstić information content (AvgIpc) is 2.71. The van der Waals surface area contributed by atoms with Gasteiger partial charge < -0.3 is 25.2 Å². The van der Waals surface area contributed by atoms with Crippen LogP contribution in [0.5, 0.6) is 11.5 Å². The number of hydrogen-bond acceptors (Lipinski definition) is 4. The highest BCUT2D eigenvalue weighted by atomic mass is 127. The van der Waals surface area contributed by atoms with Crippen molar-refractivity contribution in [2.75, 3.05) is 33.9 Å². The van der Waals surface area contributed by atoms with Gasteiger partial charge in [0.2, 0.25) is 0 Å². The maximum Gasteiger partial charge on any atom is 0.191 e. The van der Waals surface area contributed by atoms with Crippen molar-refractivity contribution in [2.24, 2.45) is 4.99 Å². The molecule has 0 saturated carbocycles. The summed E-state index contributed by atoms with van der Waals surface area (Å²) in [4.78, 5) is 4.49. The molecule has 0 radical (unpaired) electrons. The van der Waals surface area contributed by atoms with E-state index in [1.807, 2.05) is 31.2 Å². The quantitative estimate of drug-likeness (QED) is 0.260. The monoisotopic (exact) mass is 533 g/mol. The third kappa shape index (κ3) is 8.28. The summed E-state index contributed by atoms with van der Waals surface area (Å²) in [6.07, 6.45) is 0.00507. The molecule has 2 aromatic carbocycles. The first-order chi connectivity index (χ1) is 13.6. The topological polar surface area (TPSA) is 75.1 Å². The number of aliphatic hydroxyl groups is 1. The van der Waals surface area contributed by atoms with Gasteiger partial charge in [0.25, 0.3) is 0 Å². The highest BCUT2D eigenvalue weighted by Crippen LogP contribution is 2.29. The molecule has 1 unspecified atom stereocenters. The Hall–Kier alpha value is -1.71. The van der Waals surface area contributed by atoms with Gasteiger partial charge in [-0.15, -0.1) is 24.0 Å². The molecule has 8 heteroatoms. The van der Waals surface area contributed by atoms with Gasteiger partial charge in [-0.05, 0) is 49.2 Å². The van der Waals surface area contributed by atoms with Crippen molar-refractivity contribution < 1.29 is 14.6 Å². The van der Waals surface area contributed by atoms with Crippen molar-refractivity contribution in [1.82, 2.24) is 10.6 Å². The lowest BCUT2D eigenvalue weighted by Gasteiger charge is -2.16. The molecule has 6 nitrogen and oxygen atoms in total. The van der Waals surface area contributed by atoms with Crippen LogP contribution < -0.4 is 20.1 Å². The molecule has 0 aliphatic heterocycles. The van der Waals surface area contributed by atoms with Crippen LogP contribution in [0.3, 0.4) is 0 Å². The van der Waals surface area contributed by atoms with E-state index < -0.39 is 6.10 Å². The number of halogens is 2. The molecule has 0 aliphatic carbocycles. The second kappa shape index (κ2) is 13.5. The first-order valence-electron chi connectivity index (χ1n) is 9.24. The van der Waals surface area contributed by atoms with Crippen LogP contribution >= 0.6 is 35.6 Å². The standard InChI is InChI=1S/C21H28ClN3O3.HI/c1-4-23-21(24-11-10-15-6-5-7-16(22)12-15)25-14-19(26)18-13-17(27-2)8-9-20(18)28-3;/h5-9,12-13,19,26H,4,10-11,14H2,1-3H3,(H2,23,24,25);1H. The first kappa shape index (κ1) is 25.3. The Labute approximate surface area is 194 Å². The lowest BCUT2D eigenvalue weighted by atomic mass is 10.1. The van der Waals surface area contributed by atoms with Crippen molar-refractivity contribution in [1.29, 1.82) is 0 Å². The van der Waals surface area contributed by atoms with Gasteiger partial charge in [0.05, 0.1) is 20.8 Å². The fourth-order valence-corrected chi connectivity index (χ4v) is 2.95. The molecule has 0 aromatic heterocycles. The Balaban J connectivity index is 0.00000420. The van der Waals surface area contributed by atoms with Gasteiger partial charge >= 0.3 is 0 Å². The molecule has 29 heavy (non-hydrogen) atoms. The van der Waals surface area contributed by atoms with Gasteiger partial charge in [0.1, 0.15) is 17.6 Å². The number of nitrogens with one attached hydrogen (secondary N) is 2. The van der Waals surface area contributed by atoms with Crippen LogP contribution in [-0.4, -0.2) is 44.9 Å². The van der Waals surface area contributed by atoms with Crippen molar-refractivity contribution in [2.45, 2.75) is 19.4 Å². The molecule has 0 spiro atoms. The zero-order valence-electron chi connectivity index (χ0n) is 16.9. The summed E-state index contributed by atoms with van der Waals surface area (Å²) in [5, 5.41) is 17.8. The molecule has 0 saturated heterocycles. The lowest BCUT2D eigenvalue weighted by Crippen LogP contribution is -2.38.